The predicted molar refractivity (Wildman–Crippen MR) is 77.6 cm³/mol. The van der Waals surface area contributed by atoms with Crippen molar-refractivity contribution in [3.05, 3.63) is 65.5 Å². The first-order valence-electron chi connectivity index (χ1n) is 6.38. The first-order chi connectivity index (χ1) is 9.08. The van der Waals surface area contributed by atoms with E-state index in [1.54, 1.807) is 6.07 Å². The largest absolute Gasteiger partial charge is 0.370 e. The molecule has 0 saturated heterocycles. The second kappa shape index (κ2) is 5.85. The molecule has 0 spiro atoms. The predicted octanol–water partition coefficient (Wildman–Crippen LogP) is 3.48. The van der Waals surface area contributed by atoms with Crippen LogP contribution in [-0.2, 0) is 6.54 Å². The summed E-state index contributed by atoms with van der Waals surface area (Å²) in [5.41, 5.74) is 8.94. The van der Waals surface area contributed by atoms with E-state index in [-0.39, 0.29) is 11.9 Å². The molecule has 2 rings (SSSR count). The summed E-state index contributed by atoms with van der Waals surface area (Å²) in [5.74, 6) is -0.246. The molecule has 0 aromatic heterocycles. The van der Waals surface area contributed by atoms with Crippen LogP contribution < -0.4 is 10.6 Å². The van der Waals surface area contributed by atoms with E-state index in [4.69, 9.17) is 5.73 Å². The van der Waals surface area contributed by atoms with Crippen LogP contribution >= 0.6 is 0 Å². The molecule has 2 aromatic carbocycles. The number of nitrogens with zero attached hydrogens (tertiary/aromatic N) is 1. The highest BCUT2D eigenvalue weighted by molar-refractivity contribution is 5.54. The molecule has 0 amide bonds. The monoisotopic (exact) mass is 258 g/mol. The van der Waals surface area contributed by atoms with Crippen molar-refractivity contribution >= 4 is 5.69 Å². The van der Waals surface area contributed by atoms with E-state index in [1.807, 2.05) is 32.2 Å². The van der Waals surface area contributed by atoms with Gasteiger partial charge in [-0.1, -0.05) is 30.3 Å². The van der Waals surface area contributed by atoms with Crippen molar-refractivity contribution in [3.63, 3.8) is 0 Å². The van der Waals surface area contributed by atoms with Gasteiger partial charge in [0.1, 0.15) is 5.82 Å². The molecule has 2 N–H and O–H groups in total. The van der Waals surface area contributed by atoms with Gasteiger partial charge in [0.25, 0.3) is 0 Å². The average Bonchev–Trinajstić information content (AvgIpc) is 2.39. The van der Waals surface area contributed by atoms with Gasteiger partial charge in [0, 0.05) is 25.3 Å². The lowest BCUT2D eigenvalue weighted by molar-refractivity contribution is 0.622. The maximum atomic E-state index is 13.3. The lowest BCUT2D eigenvalue weighted by Crippen LogP contribution is -2.20. The zero-order chi connectivity index (χ0) is 13.8. The molecule has 0 heterocycles. The standard InChI is InChI=1S/C16H19FN2/c1-12(18)15-10-14(17)8-9-16(15)19(2)11-13-6-4-3-5-7-13/h3-10,12H,11,18H2,1-2H3/t12-/m1/s1. The fourth-order valence-electron chi connectivity index (χ4n) is 2.18. The summed E-state index contributed by atoms with van der Waals surface area (Å²) in [5, 5.41) is 0. The summed E-state index contributed by atoms with van der Waals surface area (Å²) < 4.78 is 13.3. The number of halogens is 1. The molecule has 2 nitrogen and oxygen atoms in total. The summed E-state index contributed by atoms with van der Waals surface area (Å²) in [7, 11) is 1.99. The van der Waals surface area contributed by atoms with Crippen LogP contribution in [0.1, 0.15) is 24.1 Å². The van der Waals surface area contributed by atoms with Gasteiger partial charge in [-0.2, -0.15) is 0 Å². The molecule has 0 aliphatic heterocycles. The zero-order valence-corrected chi connectivity index (χ0v) is 11.3. The Morgan fingerprint density at radius 3 is 2.47 bits per heavy atom. The minimum atomic E-state index is -0.246. The molecule has 1 atom stereocenters. The maximum absolute atomic E-state index is 13.3. The summed E-state index contributed by atoms with van der Waals surface area (Å²) >= 11 is 0. The molecule has 0 radical (unpaired) electrons. The van der Waals surface area contributed by atoms with Gasteiger partial charge in [-0.25, -0.2) is 4.39 Å². The topological polar surface area (TPSA) is 29.3 Å². The fourth-order valence-corrected chi connectivity index (χ4v) is 2.18. The number of hydrogen-bond acceptors (Lipinski definition) is 2. The molecule has 100 valence electrons. The van der Waals surface area contributed by atoms with E-state index in [1.165, 1.54) is 17.7 Å². The third-order valence-electron chi connectivity index (χ3n) is 3.15. The number of nitrogens with two attached hydrogens (primary N) is 1. The molecule has 0 saturated carbocycles. The van der Waals surface area contributed by atoms with Crippen molar-refractivity contribution in [2.45, 2.75) is 19.5 Å². The molecule has 0 aliphatic rings. The maximum Gasteiger partial charge on any atom is 0.123 e. The van der Waals surface area contributed by atoms with Gasteiger partial charge in [0.2, 0.25) is 0 Å². The zero-order valence-electron chi connectivity index (χ0n) is 11.3. The van der Waals surface area contributed by atoms with E-state index in [2.05, 4.69) is 17.0 Å². The van der Waals surface area contributed by atoms with Crippen molar-refractivity contribution in [1.29, 1.82) is 0 Å². The summed E-state index contributed by atoms with van der Waals surface area (Å²) in [4.78, 5) is 2.09. The molecule has 19 heavy (non-hydrogen) atoms. The molecular formula is C16H19FN2. The van der Waals surface area contributed by atoms with Gasteiger partial charge in [0.05, 0.1) is 0 Å². The van der Waals surface area contributed by atoms with Crippen molar-refractivity contribution in [1.82, 2.24) is 0 Å². The van der Waals surface area contributed by atoms with Crippen molar-refractivity contribution in [3.8, 4) is 0 Å². The normalized spacial score (nSPS) is 12.2. The highest BCUT2D eigenvalue weighted by Crippen LogP contribution is 2.26. The van der Waals surface area contributed by atoms with Crippen molar-refractivity contribution in [2.24, 2.45) is 5.73 Å². The van der Waals surface area contributed by atoms with Gasteiger partial charge in [0.15, 0.2) is 0 Å². The highest BCUT2D eigenvalue weighted by Gasteiger charge is 2.12. The van der Waals surface area contributed by atoms with Crippen molar-refractivity contribution < 1.29 is 4.39 Å². The lowest BCUT2D eigenvalue weighted by atomic mass is 10.1. The first kappa shape index (κ1) is 13.6. The second-order valence-electron chi connectivity index (χ2n) is 4.83. The Hall–Kier alpha value is -1.87. The Kier molecular flexibility index (Phi) is 4.17. The van der Waals surface area contributed by atoms with Crippen LogP contribution in [0.15, 0.2) is 48.5 Å². The number of rotatable bonds is 4. The number of anilines is 1. The van der Waals surface area contributed by atoms with Crippen LogP contribution in [0.25, 0.3) is 0 Å². The van der Waals surface area contributed by atoms with E-state index >= 15 is 0 Å². The third-order valence-corrected chi connectivity index (χ3v) is 3.15. The van der Waals surface area contributed by atoms with Crippen LogP contribution in [0.3, 0.4) is 0 Å². The Balaban J connectivity index is 2.26. The minimum Gasteiger partial charge on any atom is -0.370 e. The molecule has 0 aliphatic carbocycles. The van der Waals surface area contributed by atoms with Gasteiger partial charge >= 0.3 is 0 Å². The lowest BCUT2D eigenvalue weighted by Gasteiger charge is -2.24. The summed E-state index contributed by atoms with van der Waals surface area (Å²) in [6.45, 7) is 2.64. The Labute approximate surface area is 113 Å². The van der Waals surface area contributed by atoms with Gasteiger partial charge in [-0.05, 0) is 36.2 Å². The van der Waals surface area contributed by atoms with Crippen LogP contribution in [-0.4, -0.2) is 7.05 Å². The number of benzene rings is 2. The Morgan fingerprint density at radius 1 is 1.16 bits per heavy atom. The highest BCUT2D eigenvalue weighted by atomic mass is 19.1. The minimum absolute atomic E-state index is 0.191. The van der Waals surface area contributed by atoms with E-state index in [0.29, 0.717) is 0 Å². The molecule has 0 unspecified atom stereocenters. The molecule has 2 aromatic rings. The van der Waals surface area contributed by atoms with Gasteiger partial charge in [-0.15, -0.1) is 0 Å². The second-order valence-corrected chi connectivity index (χ2v) is 4.83. The SMILES string of the molecule is C[C@@H](N)c1cc(F)ccc1N(C)Cc1ccccc1. The Bertz CT molecular complexity index is 538. The summed E-state index contributed by atoms with van der Waals surface area (Å²) in [6.07, 6.45) is 0. The first-order valence-corrected chi connectivity index (χ1v) is 6.38. The smallest absolute Gasteiger partial charge is 0.123 e. The average molecular weight is 258 g/mol. The third kappa shape index (κ3) is 3.32. The van der Waals surface area contributed by atoms with Crippen LogP contribution in [0.2, 0.25) is 0 Å². The molecular weight excluding hydrogens is 239 g/mol. The molecule has 0 fully saturated rings. The number of hydrogen-bond donors (Lipinski definition) is 1. The quantitative estimate of drug-likeness (QED) is 0.909. The van der Waals surface area contributed by atoms with Crippen LogP contribution in [0, 0.1) is 5.82 Å². The Morgan fingerprint density at radius 2 is 1.84 bits per heavy atom. The summed E-state index contributed by atoms with van der Waals surface area (Å²) in [6, 6.07) is 14.8. The van der Waals surface area contributed by atoms with Gasteiger partial charge in [-0.3, -0.25) is 0 Å². The van der Waals surface area contributed by atoms with Gasteiger partial charge < -0.3 is 10.6 Å². The van der Waals surface area contributed by atoms with E-state index in [9.17, 15) is 4.39 Å². The van der Waals surface area contributed by atoms with Crippen LogP contribution in [0.4, 0.5) is 10.1 Å². The molecule has 3 heteroatoms. The molecule has 0 bridgehead atoms. The van der Waals surface area contributed by atoms with E-state index < -0.39 is 0 Å². The fraction of sp³-hybridized carbons (Fsp3) is 0.250. The van der Waals surface area contributed by atoms with Crippen molar-refractivity contribution in [2.75, 3.05) is 11.9 Å². The van der Waals surface area contributed by atoms with Crippen LogP contribution in [0.5, 0.6) is 0 Å². The van der Waals surface area contributed by atoms with E-state index in [0.717, 1.165) is 17.8 Å².